The van der Waals surface area contributed by atoms with E-state index in [2.05, 4.69) is 25.5 Å². The van der Waals surface area contributed by atoms with Gasteiger partial charge in [-0.15, -0.1) is 5.10 Å². The molecule has 10 heteroatoms. The first-order valence-corrected chi connectivity index (χ1v) is 8.51. The van der Waals surface area contributed by atoms with Gasteiger partial charge >= 0.3 is 5.69 Å². The third-order valence-electron chi connectivity index (χ3n) is 3.66. The van der Waals surface area contributed by atoms with Gasteiger partial charge in [-0.1, -0.05) is 17.8 Å². The molecular formula is C16H11FN6O2S. The molecule has 0 fully saturated rings. The summed E-state index contributed by atoms with van der Waals surface area (Å²) in [4.78, 5) is 29.0. The summed E-state index contributed by atoms with van der Waals surface area (Å²) >= 11 is 1.14. The van der Waals surface area contributed by atoms with E-state index in [9.17, 15) is 14.0 Å². The molecule has 4 rings (SSSR count). The van der Waals surface area contributed by atoms with E-state index in [0.29, 0.717) is 27.4 Å². The van der Waals surface area contributed by atoms with Crippen molar-refractivity contribution >= 4 is 28.6 Å². The van der Waals surface area contributed by atoms with Gasteiger partial charge in [0.25, 0.3) is 0 Å². The predicted octanol–water partition coefficient (Wildman–Crippen LogP) is 1.95. The predicted molar refractivity (Wildman–Crippen MR) is 93.1 cm³/mol. The zero-order valence-electron chi connectivity index (χ0n) is 13.1. The number of imidazole rings is 1. The van der Waals surface area contributed by atoms with Gasteiger partial charge in [-0.3, -0.25) is 4.79 Å². The number of hydrogen-bond acceptors (Lipinski definition) is 6. The lowest BCUT2D eigenvalue weighted by Gasteiger charge is -2.04. The van der Waals surface area contributed by atoms with Crippen LogP contribution in [0.15, 0.2) is 52.4 Å². The lowest BCUT2D eigenvalue weighted by molar-refractivity contribution is 0.102. The molecule has 0 atom stereocenters. The molecule has 130 valence electrons. The first-order valence-electron chi connectivity index (χ1n) is 7.52. The van der Waals surface area contributed by atoms with Crippen molar-refractivity contribution in [1.82, 2.24) is 30.2 Å². The maximum Gasteiger partial charge on any atom is 0.323 e. The average molecular weight is 370 g/mol. The molecule has 0 unspecified atom stereocenters. The van der Waals surface area contributed by atoms with E-state index in [4.69, 9.17) is 0 Å². The summed E-state index contributed by atoms with van der Waals surface area (Å²) in [6, 6.07) is 10.8. The molecule has 4 aromatic rings. The molecule has 2 heterocycles. The zero-order valence-corrected chi connectivity index (χ0v) is 14.0. The van der Waals surface area contributed by atoms with E-state index < -0.39 is 5.82 Å². The van der Waals surface area contributed by atoms with Crippen molar-refractivity contribution in [3.05, 3.63) is 64.3 Å². The third-order valence-corrected chi connectivity index (χ3v) is 4.58. The van der Waals surface area contributed by atoms with Gasteiger partial charge in [0.05, 0.1) is 22.5 Å². The summed E-state index contributed by atoms with van der Waals surface area (Å²) in [5.41, 5.74) is 1.80. The number of fused-ring (bicyclic) bond motifs is 1. The second kappa shape index (κ2) is 6.56. The van der Waals surface area contributed by atoms with Crippen molar-refractivity contribution in [1.29, 1.82) is 0 Å². The molecule has 0 aliphatic carbocycles. The Balaban J connectivity index is 1.53. The minimum Gasteiger partial charge on any atom is -0.306 e. The molecule has 0 spiro atoms. The molecule has 0 aliphatic heterocycles. The number of halogens is 1. The second-order valence-corrected chi connectivity index (χ2v) is 6.35. The highest BCUT2D eigenvalue weighted by Crippen LogP contribution is 2.20. The molecule has 0 saturated carbocycles. The number of rotatable bonds is 5. The van der Waals surface area contributed by atoms with Crippen LogP contribution in [0.3, 0.4) is 0 Å². The van der Waals surface area contributed by atoms with Crippen LogP contribution in [0, 0.1) is 5.82 Å². The number of tetrazole rings is 1. The molecule has 2 aromatic heterocycles. The van der Waals surface area contributed by atoms with E-state index in [0.717, 1.165) is 11.8 Å². The Morgan fingerprint density at radius 1 is 1.15 bits per heavy atom. The van der Waals surface area contributed by atoms with Crippen molar-refractivity contribution in [3.8, 4) is 5.69 Å². The van der Waals surface area contributed by atoms with E-state index in [1.807, 2.05) is 0 Å². The fourth-order valence-corrected chi connectivity index (χ4v) is 3.24. The summed E-state index contributed by atoms with van der Waals surface area (Å²) in [7, 11) is 0. The SMILES string of the molecule is O=C(CSc1nnnn1-c1cccc(F)c1)c1ccc2[nH]c(=O)[nH]c2c1. The number of hydrogen-bond donors (Lipinski definition) is 2. The maximum atomic E-state index is 13.4. The van der Waals surface area contributed by atoms with Gasteiger partial charge in [0, 0.05) is 5.56 Å². The van der Waals surface area contributed by atoms with E-state index in [-0.39, 0.29) is 17.2 Å². The number of ketones is 1. The lowest BCUT2D eigenvalue weighted by atomic mass is 10.1. The summed E-state index contributed by atoms with van der Waals surface area (Å²) in [5.74, 6) is -0.456. The number of aromatic amines is 2. The maximum absolute atomic E-state index is 13.4. The summed E-state index contributed by atoms with van der Waals surface area (Å²) in [6.45, 7) is 0. The van der Waals surface area contributed by atoms with Crippen LogP contribution in [0.5, 0.6) is 0 Å². The Morgan fingerprint density at radius 3 is 2.85 bits per heavy atom. The number of nitrogens with one attached hydrogen (secondary N) is 2. The highest BCUT2D eigenvalue weighted by atomic mass is 32.2. The zero-order chi connectivity index (χ0) is 18.1. The molecule has 26 heavy (non-hydrogen) atoms. The average Bonchev–Trinajstić information content (AvgIpc) is 3.24. The Labute approximate surface area is 149 Å². The standard InChI is InChI=1S/C16H11FN6O2S/c17-10-2-1-3-11(7-10)23-16(20-21-22-23)26-8-14(24)9-4-5-12-13(6-9)19-15(25)18-12/h1-7H,8H2,(H2,18,19,25). The molecular weight excluding hydrogens is 359 g/mol. The Morgan fingerprint density at radius 2 is 2.00 bits per heavy atom. The monoisotopic (exact) mass is 370 g/mol. The van der Waals surface area contributed by atoms with Crippen LogP contribution >= 0.6 is 11.8 Å². The molecule has 8 nitrogen and oxygen atoms in total. The van der Waals surface area contributed by atoms with Gasteiger partial charge in [0.2, 0.25) is 5.16 Å². The van der Waals surface area contributed by atoms with Gasteiger partial charge in [0.15, 0.2) is 5.78 Å². The van der Waals surface area contributed by atoms with E-state index >= 15 is 0 Å². The summed E-state index contributed by atoms with van der Waals surface area (Å²) in [5, 5.41) is 11.7. The lowest BCUT2D eigenvalue weighted by Crippen LogP contribution is -2.05. The Hall–Kier alpha value is -3.27. The Bertz CT molecular complexity index is 1160. The first-order chi connectivity index (χ1) is 12.6. The van der Waals surface area contributed by atoms with Crippen LogP contribution in [0.4, 0.5) is 4.39 Å². The van der Waals surface area contributed by atoms with Crippen molar-refractivity contribution in [2.75, 3.05) is 5.75 Å². The normalized spacial score (nSPS) is 11.1. The van der Waals surface area contributed by atoms with E-state index in [1.54, 1.807) is 30.3 Å². The number of nitrogens with zero attached hydrogens (tertiary/aromatic N) is 4. The van der Waals surface area contributed by atoms with Crippen LogP contribution < -0.4 is 5.69 Å². The molecule has 0 radical (unpaired) electrons. The largest absolute Gasteiger partial charge is 0.323 e. The number of benzene rings is 2. The summed E-state index contributed by atoms with van der Waals surface area (Å²) in [6.07, 6.45) is 0. The third kappa shape index (κ3) is 3.14. The fourth-order valence-electron chi connectivity index (χ4n) is 2.46. The molecule has 0 bridgehead atoms. The fraction of sp³-hybridized carbons (Fsp3) is 0.0625. The van der Waals surface area contributed by atoms with Crippen molar-refractivity contribution in [2.45, 2.75) is 5.16 Å². The first kappa shape index (κ1) is 16.2. The molecule has 0 saturated heterocycles. The molecule has 2 aromatic carbocycles. The van der Waals surface area contributed by atoms with Gasteiger partial charge < -0.3 is 9.97 Å². The minimum atomic E-state index is -0.404. The van der Waals surface area contributed by atoms with Crippen molar-refractivity contribution in [2.24, 2.45) is 0 Å². The van der Waals surface area contributed by atoms with Gasteiger partial charge in [-0.05, 0) is 46.8 Å². The number of carbonyl (C=O) groups excluding carboxylic acids is 1. The van der Waals surface area contributed by atoms with Crippen LogP contribution in [0.25, 0.3) is 16.7 Å². The smallest absolute Gasteiger partial charge is 0.306 e. The van der Waals surface area contributed by atoms with Crippen LogP contribution in [0.2, 0.25) is 0 Å². The van der Waals surface area contributed by atoms with Crippen LogP contribution in [-0.2, 0) is 0 Å². The van der Waals surface area contributed by atoms with Crippen LogP contribution in [-0.4, -0.2) is 41.7 Å². The molecule has 2 N–H and O–H groups in total. The minimum absolute atomic E-state index is 0.0931. The number of thioether (sulfide) groups is 1. The Kier molecular flexibility index (Phi) is 4.09. The summed E-state index contributed by atoms with van der Waals surface area (Å²) < 4.78 is 14.8. The molecule has 0 aliphatic rings. The van der Waals surface area contributed by atoms with E-state index in [1.165, 1.54) is 16.8 Å². The van der Waals surface area contributed by atoms with Gasteiger partial charge in [-0.2, -0.15) is 4.68 Å². The topological polar surface area (TPSA) is 109 Å². The van der Waals surface area contributed by atoms with Crippen molar-refractivity contribution < 1.29 is 9.18 Å². The van der Waals surface area contributed by atoms with Crippen molar-refractivity contribution in [3.63, 3.8) is 0 Å². The number of aromatic nitrogens is 6. The van der Waals surface area contributed by atoms with Gasteiger partial charge in [0.1, 0.15) is 5.82 Å². The quantitative estimate of drug-likeness (QED) is 0.410. The van der Waals surface area contributed by atoms with Crippen LogP contribution in [0.1, 0.15) is 10.4 Å². The molecule has 0 amide bonds. The number of H-pyrrole nitrogens is 2. The second-order valence-electron chi connectivity index (χ2n) is 5.40. The number of carbonyl (C=O) groups is 1. The number of Topliss-reactive ketones (excluding diaryl/α,β-unsaturated/α-hetero) is 1. The highest BCUT2D eigenvalue weighted by molar-refractivity contribution is 7.99. The highest BCUT2D eigenvalue weighted by Gasteiger charge is 2.14. The van der Waals surface area contributed by atoms with Gasteiger partial charge in [-0.25, -0.2) is 9.18 Å².